The minimum Gasteiger partial charge on any atom is -0.325 e. The number of fused-ring (bicyclic) bond motifs is 1. The topological polar surface area (TPSA) is 57.6 Å². The van der Waals surface area contributed by atoms with E-state index in [1.165, 1.54) is 6.07 Å². The summed E-state index contributed by atoms with van der Waals surface area (Å²) in [5.74, 6) is -0.209. The summed E-state index contributed by atoms with van der Waals surface area (Å²) < 4.78 is 13.5. The number of benzene rings is 2. The van der Waals surface area contributed by atoms with Crippen LogP contribution in [0.5, 0.6) is 0 Å². The van der Waals surface area contributed by atoms with Crippen LogP contribution < -0.4 is 5.32 Å². The molecule has 1 saturated heterocycles. The molecule has 168 valence electrons. The molecule has 2 aromatic carbocycles. The third-order valence-electron chi connectivity index (χ3n) is 6.45. The molecule has 1 unspecified atom stereocenters. The first-order valence-electron chi connectivity index (χ1n) is 11.0. The summed E-state index contributed by atoms with van der Waals surface area (Å²) in [6, 6.07) is 16.7. The molecule has 0 saturated carbocycles. The maximum absolute atomic E-state index is 14.1. The van der Waals surface area contributed by atoms with Crippen molar-refractivity contribution in [3.05, 3.63) is 95.1 Å². The van der Waals surface area contributed by atoms with Gasteiger partial charge in [-0.05, 0) is 48.6 Å². The predicted molar refractivity (Wildman–Crippen MR) is 131 cm³/mol. The van der Waals surface area contributed by atoms with Gasteiger partial charge in [0.05, 0.1) is 12.3 Å². The largest absolute Gasteiger partial charge is 0.325 e. The SMILES string of the molecule is CSC1(C(=O)Nc2ccc3c(c2)C(c2ccncc2)=NC3)CCN(Cc2ccccc2F)C1. The minimum atomic E-state index is -0.563. The van der Waals surface area contributed by atoms with E-state index in [1.54, 1.807) is 36.3 Å². The number of likely N-dealkylation sites (tertiary alicyclic amines) is 1. The highest BCUT2D eigenvalue weighted by Crippen LogP contribution is 2.36. The molecular formula is C26H25FN4OS. The number of carbonyl (C=O) groups excluding carboxylic acids is 1. The third-order valence-corrected chi connectivity index (χ3v) is 7.75. The predicted octanol–water partition coefficient (Wildman–Crippen LogP) is 4.52. The van der Waals surface area contributed by atoms with Crippen LogP contribution in [-0.4, -0.2) is 45.6 Å². The van der Waals surface area contributed by atoms with Crippen molar-refractivity contribution >= 4 is 29.1 Å². The highest BCUT2D eigenvalue weighted by molar-refractivity contribution is 8.00. The van der Waals surface area contributed by atoms with Crippen LogP contribution in [0.25, 0.3) is 0 Å². The number of anilines is 1. The maximum Gasteiger partial charge on any atom is 0.241 e. The lowest BCUT2D eigenvalue weighted by Gasteiger charge is -2.26. The van der Waals surface area contributed by atoms with Gasteiger partial charge in [0.25, 0.3) is 0 Å². The van der Waals surface area contributed by atoms with E-state index >= 15 is 0 Å². The number of rotatable bonds is 6. The number of aliphatic imine (C=N–C) groups is 1. The Labute approximate surface area is 197 Å². The van der Waals surface area contributed by atoms with Crippen molar-refractivity contribution in [2.45, 2.75) is 24.3 Å². The van der Waals surface area contributed by atoms with Gasteiger partial charge in [-0.3, -0.25) is 19.7 Å². The second-order valence-electron chi connectivity index (χ2n) is 8.48. The summed E-state index contributed by atoms with van der Waals surface area (Å²) in [7, 11) is 0. The average Bonchev–Trinajstić information content (AvgIpc) is 3.46. The summed E-state index contributed by atoms with van der Waals surface area (Å²) in [5, 5.41) is 3.15. The third kappa shape index (κ3) is 4.30. The first-order chi connectivity index (χ1) is 16.1. The first-order valence-corrected chi connectivity index (χ1v) is 12.2. The fourth-order valence-corrected chi connectivity index (χ4v) is 5.41. The smallest absolute Gasteiger partial charge is 0.241 e. The molecule has 7 heteroatoms. The van der Waals surface area contributed by atoms with Crippen molar-refractivity contribution in [3.8, 4) is 0 Å². The van der Waals surface area contributed by atoms with Crippen LogP contribution in [0.4, 0.5) is 10.1 Å². The maximum atomic E-state index is 14.1. The monoisotopic (exact) mass is 460 g/mol. The number of halogens is 1. The molecule has 5 nitrogen and oxygen atoms in total. The number of amides is 1. The van der Waals surface area contributed by atoms with E-state index in [0.29, 0.717) is 25.2 Å². The summed E-state index contributed by atoms with van der Waals surface area (Å²) in [6.45, 7) is 2.49. The first kappa shape index (κ1) is 21.8. The second-order valence-corrected chi connectivity index (χ2v) is 9.67. The number of nitrogens with zero attached hydrogens (tertiary/aromatic N) is 3. The fourth-order valence-electron chi connectivity index (χ4n) is 4.57. The standard InChI is InChI=1S/C26H25FN4OS/c1-33-26(10-13-31(17-26)16-20-4-2-3-5-23(20)27)25(32)30-21-7-6-19-15-29-24(22(19)14-21)18-8-11-28-12-9-18/h2-9,11-12,14H,10,13,15-17H2,1H3,(H,30,32). The number of hydrogen-bond donors (Lipinski definition) is 1. The number of carbonyl (C=O) groups is 1. The van der Waals surface area contributed by atoms with Gasteiger partial charge >= 0.3 is 0 Å². The molecule has 0 spiro atoms. The van der Waals surface area contributed by atoms with Gasteiger partial charge in [-0.15, -0.1) is 11.8 Å². The van der Waals surface area contributed by atoms with E-state index in [1.807, 2.05) is 42.7 Å². The summed E-state index contributed by atoms with van der Waals surface area (Å²) in [5.41, 5.74) is 5.58. The van der Waals surface area contributed by atoms with Gasteiger partial charge in [-0.1, -0.05) is 24.3 Å². The molecule has 0 aliphatic carbocycles. The van der Waals surface area contributed by atoms with Crippen LogP contribution in [0, 0.1) is 5.82 Å². The van der Waals surface area contributed by atoms with E-state index < -0.39 is 4.75 Å². The number of pyridine rings is 1. The molecule has 2 aliphatic heterocycles. The molecule has 3 heterocycles. The molecule has 1 amide bonds. The lowest BCUT2D eigenvalue weighted by molar-refractivity contribution is -0.118. The van der Waals surface area contributed by atoms with E-state index in [2.05, 4.69) is 15.2 Å². The Morgan fingerprint density at radius 2 is 2.00 bits per heavy atom. The zero-order valence-corrected chi connectivity index (χ0v) is 19.2. The Hall–Kier alpha value is -3.03. The molecule has 0 radical (unpaired) electrons. The summed E-state index contributed by atoms with van der Waals surface area (Å²) in [4.78, 5) is 24.4. The zero-order chi connectivity index (χ0) is 22.8. The molecule has 1 fully saturated rings. The van der Waals surface area contributed by atoms with Gasteiger partial charge in [0.1, 0.15) is 10.6 Å². The van der Waals surface area contributed by atoms with Crippen molar-refractivity contribution in [2.24, 2.45) is 4.99 Å². The van der Waals surface area contributed by atoms with E-state index in [4.69, 9.17) is 4.99 Å². The summed E-state index contributed by atoms with van der Waals surface area (Å²) >= 11 is 1.57. The molecule has 1 atom stereocenters. The van der Waals surface area contributed by atoms with Gasteiger partial charge in [-0.25, -0.2) is 4.39 Å². The molecule has 5 rings (SSSR count). The van der Waals surface area contributed by atoms with Gasteiger partial charge in [-0.2, -0.15) is 0 Å². The highest BCUT2D eigenvalue weighted by atomic mass is 32.2. The van der Waals surface area contributed by atoms with Crippen molar-refractivity contribution < 1.29 is 9.18 Å². The number of thioether (sulfide) groups is 1. The van der Waals surface area contributed by atoms with Gasteiger partial charge < -0.3 is 5.32 Å². The van der Waals surface area contributed by atoms with Gasteiger partial charge in [0, 0.05) is 54.4 Å². The number of aromatic nitrogens is 1. The molecule has 2 aliphatic rings. The second kappa shape index (κ2) is 9.08. The molecule has 3 aromatic rings. The summed E-state index contributed by atoms with van der Waals surface area (Å²) in [6.07, 6.45) is 6.22. The van der Waals surface area contributed by atoms with Gasteiger partial charge in [0.2, 0.25) is 5.91 Å². The average molecular weight is 461 g/mol. The van der Waals surface area contributed by atoms with Crippen LogP contribution in [0.2, 0.25) is 0 Å². The Kier molecular flexibility index (Phi) is 6.00. The zero-order valence-electron chi connectivity index (χ0n) is 18.4. The number of hydrogen-bond acceptors (Lipinski definition) is 5. The lowest BCUT2D eigenvalue weighted by Crippen LogP contribution is -2.42. The van der Waals surface area contributed by atoms with Crippen molar-refractivity contribution in [1.29, 1.82) is 0 Å². The van der Waals surface area contributed by atoms with Crippen molar-refractivity contribution in [3.63, 3.8) is 0 Å². The van der Waals surface area contributed by atoms with Crippen molar-refractivity contribution in [2.75, 3.05) is 24.7 Å². The minimum absolute atomic E-state index is 0.00798. The van der Waals surface area contributed by atoms with Crippen LogP contribution in [0.1, 0.15) is 28.7 Å². The Morgan fingerprint density at radius 1 is 1.18 bits per heavy atom. The molecular weight excluding hydrogens is 435 g/mol. The number of nitrogens with one attached hydrogen (secondary N) is 1. The Bertz CT molecular complexity index is 1220. The van der Waals surface area contributed by atoms with Crippen LogP contribution in [-0.2, 0) is 17.9 Å². The molecule has 0 bridgehead atoms. The van der Waals surface area contributed by atoms with E-state index in [9.17, 15) is 9.18 Å². The van der Waals surface area contributed by atoms with Gasteiger partial charge in [0.15, 0.2) is 0 Å². The highest BCUT2D eigenvalue weighted by Gasteiger charge is 2.44. The van der Waals surface area contributed by atoms with Crippen molar-refractivity contribution in [1.82, 2.24) is 9.88 Å². The van der Waals surface area contributed by atoms with Crippen LogP contribution >= 0.6 is 11.8 Å². The van der Waals surface area contributed by atoms with E-state index in [-0.39, 0.29) is 11.7 Å². The molecule has 1 aromatic heterocycles. The van der Waals surface area contributed by atoms with E-state index in [0.717, 1.165) is 41.1 Å². The lowest BCUT2D eigenvalue weighted by atomic mass is 10.00. The molecule has 33 heavy (non-hydrogen) atoms. The molecule has 1 N–H and O–H groups in total. The Morgan fingerprint density at radius 3 is 2.79 bits per heavy atom. The normalized spacial score (nSPS) is 19.9. The van der Waals surface area contributed by atoms with Crippen LogP contribution in [0.15, 0.2) is 72.0 Å². The fraction of sp³-hybridized carbons (Fsp3) is 0.269. The van der Waals surface area contributed by atoms with Crippen LogP contribution in [0.3, 0.4) is 0 Å². The Balaban J connectivity index is 1.31. The quantitative estimate of drug-likeness (QED) is 0.588.